The van der Waals surface area contributed by atoms with Crippen LogP contribution in [0.1, 0.15) is 12.5 Å². The summed E-state index contributed by atoms with van der Waals surface area (Å²) < 4.78 is 20.5. The quantitative estimate of drug-likeness (QED) is 0.909. The van der Waals surface area contributed by atoms with Crippen LogP contribution in [0.5, 0.6) is 5.75 Å². The van der Waals surface area contributed by atoms with Crippen molar-refractivity contribution in [2.45, 2.75) is 13.8 Å². The summed E-state index contributed by atoms with van der Waals surface area (Å²) >= 11 is 0. The molecule has 0 aliphatic carbocycles. The van der Waals surface area contributed by atoms with E-state index in [-0.39, 0.29) is 5.75 Å². The van der Waals surface area contributed by atoms with Crippen molar-refractivity contribution < 1.29 is 9.13 Å². The Morgan fingerprint density at radius 2 is 2.17 bits per heavy atom. The average molecular weight is 249 g/mol. The van der Waals surface area contributed by atoms with E-state index in [0.29, 0.717) is 23.7 Å². The van der Waals surface area contributed by atoms with Crippen molar-refractivity contribution in [2.75, 3.05) is 12.3 Å². The third-order valence-electron chi connectivity index (χ3n) is 2.84. The van der Waals surface area contributed by atoms with Crippen molar-refractivity contribution in [3.05, 3.63) is 29.6 Å². The highest BCUT2D eigenvalue weighted by Gasteiger charge is 2.13. The second-order valence-electron chi connectivity index (χ2n) is 4.06. The number of nitrogens with zero attached hydrogens (tertiary/aromatic N) is 2. The molecular formula is C13H16FN3O. The molecule has 0 unspecified atom stereocenters. The van der Waals surface area contributed by atoms with E-state index in [4.69, 9.17) is 10.5 Å². The van der Waals surface area contributed by atoms with Gasteiger partial charge < -0.3 is 10.5 Å². The number of aromatic nitrogens is 2. The average Bonchev–Trinajstić information content (AvgIpc) is 2.60. The van der Waals surface area contributed by atoms with E-state index in [9.17, 15) is 4.39 Å². The molecule has 96 valence electrons. The zero-order valence-corrected chi connectivity index (χ0v) is 10.7. The Kier molecular flexibility index (Phi) is 3.23. The van der Waals surface area contributed by atoms with Crippen LogP contribution < -0.4 is 10.5 Å². The molecule has 2 rings (SSSR count). The lowest BCUT2D eigenvalue weighted by molar-refractivity contribution is 0.321. The number of rotatable bonds is 3. The summed E-state index contributed by atoms with van der Waals surface area (Å²) in [6.45, 7) is 4.12. The van der Waals surface area contributed by atoms with Gasteiger partial charge in [0.05, 0.1) is 12.3 Å². The van der Waals surface area contributed by atoms with Gasteiger partial charge in [-0.05, 0) is 32.0 Å². The van der Waals surface area contributed by atoms with Gasteiger partial charge >= 0.3 is 0 Å². The molecule has 0 atom stereocenters. The molecule has 5 heteroatoms. The van der Waals surface area contributed by atoms with Crippen LogP contribution in [0.4, 0.5) is 10.2 Å². The number of benzene rings is 1. The molecular weight excluding hydrogens is 233 g/mol. The van der Waals surface area contributed by atoms with Gasteiger partial charge in [0.2, 0.25) is 0 Å². The molecule has 0 aliphatic heterocycles. The molecule has 0 bridgehead atoms. The summed E-state index contributed by atoms with van der Waals surface area (Å²) in [5, 5.41) is 4.28. The van der Waals surface area contributed by atoms with E-state index < -0.39 is 5.82 Å². The summed E-state index contributed by atoms with van der Waals surface area (Å²) in [7, 11) is 1.76. The van der Waals surface area contributed by atoms with Crippen LogP contribution in [-0.2, 0) is 7.05 Å². The van der Waals surface area contributed by atoms with Gasteiger partial charge in [-0.15, -0.1) is 0 Å². The van der Waals surface area contributed by atoms with Gasteiger partial charge in [-0.25, -0.2) is 4.39 Å². The number of nitrogens with two attached hydrogens (primary N) is 1. The SMILES string of the molecule is CCOc1ccc(-c2nn(C)c(N)c2C)cc1F. The van der Waals surface area contributed by atoms with Crippen molar-refractivity contribution in [1.29, 1.82) is 0 Å². The molecule has 0 spiro atoms. The second-order valence-corrected chi connectivity index (χ2v) is 4.06. The molecule has 4 nitrogen and oxygen atoms in total. The normalized spacial score (nSPS) is 10.7. The third-order valence-corrected chi connectivity index (χ3v) is 2.84. The first-order valence-electron chi connectivity index (χ1n) is 5.76. The standard InChI is InChI=1S/C13H16FN3O/c1-4-18-11-6-5-9(7-10(11)14)12-8(2)13(15)17(3)16-12/h5-7H,4,15H2,1-3H3. The summed E-state index contributed by atoms with van der Waals surface area (Å²) in [6, 6.07) is 4.81. The number of hydrogen-bond donors (Lipinski definition) is 1. The van der Waals surface area contributed by atoms with Crippen molar-refractivity contribution in [1.82, 2.24) is 9.78 Å². The number of aryl methyl sites for hydroxylation is 1. The molecule has 1 heterocycles. The monoisotopic (exact) mass is 249 g/mol. The molecule has 0 saturated carbocycles. The molecule has 0 saturated heterocycles. The van der Waals surface area contributed by atoms with E-state index in [0.717, 1.165) is 5.56 Å². The van der Waals surface area contributed by atoms with Crippen molar-refractivity contribution in [2.24, 2.45) is 7.05 Å². The molecule has 0 amide bonds. The Labute approximate surface area is 105 Å². The maximum Gasteiger partial charge on any atom is 0.165 e. The van der Waals surface area contributed by atoms with Crippen molar-refractivity contribution in [3.63, 3.8) is 0 Å². The van der Waals surface area contributed by atoms with Crippen LogP contribution in [0.3, 0.4) is 0 Å². The lowest BCUT2D eigenvalue weighted by atomic mass is 10.1. The summed E-state index contributed by atoms with van der Waals surface area (Å²) in [4.78, 5) is 0. The van der Waals surface area contributed by atoms with E-state index in [1.54, 1.807) is 23.9 Å². The number of hydrogen-bond acceptors (Lipinski definition) is 3. The number of halogens is 1. The molecule has 18 heavy (non-hydrogen) atoms. The third kappa shape index (κ3) is 2.03. The maximum absolute atomic E-state index is 13.8. The topological polar surface area (TPSA) is 53.1 Å². The lowest BCUT2D eigenvalue weighted by Crippen LogP contribution is -1.97. The van der Waals surface area contributed by atoms with Gasteiger partial charge in [0.15, 0.2) is 11.6 Å². The van der Waals surface area contributed by atoms with Gasteiger partial charge in [-0.1, -0.05) is 0 Å². The first kappa shape index (κ1) is 12.4. The minimum absolute atomic E-state index is 0.253. The maximum atomic E-state index is 13.8. The van der Waals surface area contributed by atoms with Gasteiger partial charge in [0.25, 0.3) is 0 Å². The fourth-order valence-electron chi connectivity index (χ4n) is 1.84. The Morgan fingerprint density at radius 3 is 2.67 bits per heavy atom. The van der Waals surface area contributed by atoms with E-state index in [1.807, 2.05) is 13.8 Å². The molecule has 1 aromatic heterocycles. The van der Waals surface area contributed by atoms with Crippen molar-refractivity contribution >= 4 is 5.82 Å². The van der Waals surface area contributed by atoms with Crippen LogP contribution in [0, 0.1) is 12.7 Å². The van der Waals surface area contributed by atoms with Gasteiger partial charge in [-0.2, -0.15) is 5.10 Å². The summed E-state index contributed by atoms with van der Waals surface area (Å²) in [5.74, 6) is 0.445. The Morgan fingerprint density at radius 1 is 1.44 bits per heavy atom. The van der Waals surface area contributed by atoms with E-state index in [1.165, 1.54) is 6.07 Å². The first-order chi connectivity index (χ1) is 8.54. The van der Waals surface area contributed by atoms with Crippen LogP contribution >= 0.6 is 0 Å². The minimum atomic E-state index is -0.391. The molecule has 0 radical (unpaired) electrons. The predicted octanol–water partition coefficient (Wildman–Crippen LogP) is 2.52. The fraction of sp³-hybridized carbons (Fsp3) is 0.308. The zero-order valence-electron chi connectivity index (χ0n) is 10.7. The predicted molar refractivity (Wildman–Crippen MR) is 68.9 cm³/mol. The molecule has 0 aliphatic rings. The van der Waals surface area contributed by atoms with Crippen LogP contribution in [0.2, 0.25) is 0 Å². The summed E-state index contributed by atoms with van der Waals surface area (Å²) in [6.07, 6.45) is 0. The van der Waals surface area contributed by atoms with Gasteiger partial charge in [-0.3, -0.25) is 4.68 Å². The van der Waals surface area contributed by atoms with Crippen LogP contribution in [0.15, 0.2) is 18.2 Å². The number of anilines is 1. The first-order valence-corrected chi connectivity index (χ1v) is 5.76. The zero-order chi connectivity index (χ0) is 13.3. The van der Waals surface area contributed by atoms with Crippen LogP contribution in [-0.4, -0.2) is 16.4 Å². The Bertz CT molecular complexity index is 578. The molecule has 2 aromatic rings. The van der Waals surface area contributed by atoms with E-state index in [2.05, 4.69) is 5.10 Å². The highest BCUT2D eigenvalue weighted by molar-refractivity contribution is 5.68. The van der Waals surface area contributed by atoms with Gasteiger partial charge in [0.1, 0.15) is 5.82 Å². The molecule has 2 N–H and O–H groups in total. The van der Waals surface area contributed by atoms with E-state index >= 15 is 0 Å². The number of ether oxygens (including phenoxy) is 1. The van der Waals surface area contributed by atoms with Crippen molar-refractivity contribution in [3.8, 4) is 17.0 Å². The Hall–Kier alpha value is -2.04. The minimum Gasteiger partial charge on any atom is -0.491 e. The second kappa shape index (κ2) is 4.68. The molecule has 0 fully saturated rings. The highest BCUT2D eigenvalue weighted by atomic mass is 19.1. The fourth-order valence-corrected chi connectivity index (χ4v) is 1.84. The Balaban J connectivity index is 2.45. The summed E-state index contributed by atoms with van der Waals surface area (Å²) in [5.41, 5.74) is 8.07. The smallest absolute Gasteiger partial charge is 0.165 e. The highest BCUT2D eigenvalue weighted by Crippen LogP contribution is 2.29. The largest absolute Gasteiger partial charge is 0.491 e. The lowest BCUT2D eigenvalue weighted by Gasteiger charge is -2.06. The number of nitrogen functional groups attached to an aromatic ring is 1. The van der Waals surface area contributed by atoms with Crippen LogP contribution in [0.25, 0.3) is 11.3 Å². The van der Waals surface area contributed by atoms with Gasteiger partial charge in [0, 0.05) is 18.2 Å². The molecule has 1 aromatic carbocycles.